The smallest absolute Gasteiger partial charge is 0.227 e. The Kier molecular flexibility index (Phi) is 5.22. The fourth-order valence-corrected chi connectivity index (χ4v) is 4.39. The number of fused-ring (bicyclic) bond motifs is 1. The van der Waals surface area contributed by atoms with Crippen LogP contribution in [0.5, 0.6) is 0 Å². The van der Waals surface area contributed by atoms with E-state index in [4.69, 9.17) is 9.15 Å². The Labute approximate surface area is 164 Å². The molecule has 1 aliphatic heterocycles. The molecule has 1 aliphatic rings. The van der Waals surface area contributed by atoms with Crippen LogP contribution < -0.4 is 0 Å². The maximum absolute atomic E-state index is 12.2. The Morgan fingerprint density at radius 1 is 1.29 bits per heavy atom. The van der Waals surface area contributed by atoms with Crippen molar-refractivity contribution < 1.29 is 17.6 Å². The van der Waals surface area contributed by atoms with Gasteiger partial charge in [-0.3, -0.25) is 4.90 Å². The molecule has 3 aromatic rings. The van der Waals surface area contributed by atoms with Crippen LogP contribution in [-0.2, 0) is 34.2 Å². The molecule has 1 aromatic carbocycles. The summed E-state index contributed by atoms with van der Waals surface area (Å²) in [5.74, 6) is 0.622. The molecule has 0 radical (unpaired) electrons. The van der Waals surface area contributed by atoms with E-state index < -0.39 is 9.84 Å². The number of benzene rings is 1. The highest BCUT2D eigenvalue weighted by Gasteiger charge is 2.24. The first-order valence-electron chi connectivity index (χ1n) is 9.29. The number of aromatic nitrogens is 3. The number of hydrogen-bond acceptors (Lipinski definition) is 7. The zero-order valence-electron chi connectivity index (χ0n) is 16.0. The molecular formula is C19H24N4O4S. The number of sulfone groups is 1. The summed E-state index contributed by atoms with van der Waals surface area (Å²) in [5.41, 5.74) is 2.41. The molecule has 3 heterocycles. The zero-order chi connectivity index (χ0) is 19.7. The van der Waals surface area contributed by atoms with Gasteiger partial charge < -0.3 is 13.7 Å². The van der Waals surface area contributed by atoms with Gasteiger partial charge in [0.1, 0.15) is 5.52 Å². The molecule has 0 N–H and O–H groups in total. The van der Waals surface area contributed by atoms with Crippen molar-refractivity contribution in [1.29, 1.82) is 0 Å². The largest absolute Gasteiger partial charge is 0.439 e. The van der Waals surface area contributed by atoms with Crippen LogP contribution in [0.4, 0.5) is 0 Å². The lowest BCUT2D eigenvalue weighted by Gasteiger charge is -2.19. The van der Waals surface area contributed by atoms with Gasteiger partial charge in [-0.1, -0.05) is 12.1 Å². The molecule has 2 aromatic heterocycles. The standard InChI is InChI=1S/C19H24N4O4S/c1-22(13-18-21-16-7-3-4-8-17(16)27-18)11-14-10-20-19(28(2,24)25)23(14)12-15-6-5-9-26-15/h3-4,7-8,10,15H,5-6,9,11-13H2,1-2H3/t15-/m0/s1. The number of ether oxygens (including phenoxy) is 1. The summed E-state index contributed by atoms with van der Waals surface area (Å²) in [4.78, 5) is 10.7. The quantitative estimate of drug-likeness (QED) is 0.596. The van der Waals surface area contributed by atoms with Crippen LogP contribution in [0.3, 0.4) is 0 Å². The van der Waals surface area contributed by atoms with E-state index >= 15 is 0 Å². The van der Waals surface area contributed by atoms with E-state index in [0.29, 0.717) is 25.5 Å². The van der Waals surface area contributed by atoms with Crippen molar-refractivity contribution >= 4 is 20.9 Å². The van der Waals surface area contributed by atoms with Crippen LogP contribution in [0.2, 0.25) is 0 Å². The predicted octanol–water partition coefficient (Wildman–Crippen LogP) is 2.24. The van der Waals surface area contributed by atoms with Crippen molar-refractivity contribution in [3.05, 3.63) is 42.0 Å². The van der Waals surface area contributed by atoms with E-state index in [1.807, 2.05) is 36.2 Å². The summed E-state index contributed by atoms with van der Waals surface area (Å²) in [7, 11) is -1.48. The monoisotopic (exact) mass is 404 g/mol. The molecule has 28 heavy (non-hydrogen) atoms. The highest BCUT2D eigenvalue weighted by atomic mass is 32.2. The Bertz CT molecular complexity index is 1030. The summed E-state index contributed by atoms with van der Waals surface area (Å²) in [6.45, 7) is 2.25. The molecule has 0 aliphatic carbocycles. The second-order valence-corrected chi connectivity index (χ2v) is 9.21. The SMILES string of the molecule is CN(Cc1nc2ccccc2o1)Cc1cnc(S(C)(=O)=O)n1C[C@@H]1CCCO1. The predicted molar refractivity (Wildman–Crippen MR) is 103 cm³/mol. The zero-order valence-corrected chi connectivity index (χ0v) is 16.9. The maximum atomic E-state index is 12.2. The number of imidazole rings is 1. The minimum Gasteiger partial charge on any atom is -0.439 e. The third-order valence-electron chi connectivity index (χ3n) is 4.82. The van der Waals surface area contributed by atoms with Gasteiger partial charge >= 0.3 is 0 Å². The first kappa shape index (κ1) is 19.1. The number of oxazole rings is 1. The molecule has 0 saturated carbocycles. The summed E-state index contributed by atoms with van der Waals surface area (Å²) in [6, 6.07) is 7.64. The fourth-order valence-electron chi connectivity index (χ4n) is 3.55. The number of nitrogens with zero attached hydrogens (tertiary/aromatic N) is 4. The molecule has 0 amide bonds. The second kappa shape index (κ2) is 7.65. The molecule has 0 spiro atoms. The number of rotatable bonds is 7. The van der Waals surface area contributed by atoms with Crippen molar-refractivity contribution in [2.75, 3.05) is 19.9 Å². The average molecular weight is 404 g/mol. The van der Waals surface area contributed by atoms with Gasteiger partial charge in [-0.05, 0) is 32.0 Å². The summed E-state index contributed by atoms with van der Waals surface area (Å²) in [6.07, 6.45) is 4.78. The van der Waals surface area contributed by atoms with Crippen molar-refractivity contribution in [3.63, 3.8) is 0 Å². The molecule has 1 fully saturated rings. The molecular weight excluding hydrogens is 380 g/mol. The third-order valence-corrected chi connectivity index (χ3v) is 5.81. The van der Waals surface area contributed by atoms with Gasteiger partial charge in [0.15, 0.2) is 5.58 Å². The van der Waals surface area contributed by atoms with E-state index in [9.17, 15) is 8.42 Å². The van der Waals surface area contributed by atoms with Gasteiger partial charge in [0.2, 0.25) is 20.9 Å². The summed E-state index contributed by atoms with van der Waals surface area (Å²) >= 11 is 0. The Balaban J connectivity index is 1.53. The van der Waals surface area contributed by atoms with Gasteiger partial charge in [0.05, 0.1) is 31.1 Å². The lowest BCUT2D eigenvalue weighted by Crippen LogP contribution is -2.24. The van der Waals surface area contributed by atoms with E-state index in [-0.39, 0.29) is 11.3 Å². The van der Waals surface area contributed by atoms with Gasteiger partial charge in [-0.2, -0.15) is 0 Å². The van der Waals surface area contributed by atoms with E-state index in [1.54, 1.807) is 10.8 Å². The highest BCUT2D eigenvalue weighted by Crippen LogP contribution is 2.21. The minimum absolute atomic E-state index is 0.0239. The summed E-state index contributed by atoms with van der Waals surface area (Å²) in [5, 5.41) is 0.0910. The van der Waals surface area contributed by atoms with Gasteiger partial charge in [-0.25, -0.2) is 18.4 Å². The van der Waals surface area contributed by atoms with Crippen LogP contribution in [0.15, 0.2) is 40.0 Å². The first-order valence-corrected chi connectivity index (χ1v) is 11.2. The van der Waals surface area contributed by atoms with Crippen molar-refractivity contribution in [2.24, 2.45) is 0 Å². The molecule has 9 heteroatoms. The molecule has 1 saturated heterocycles. The van der Waals surface area contributed by atoms with Gasteiger partial charge in [-0.15, -0.1) is 0 Å². The molecule has 0 unspecified atom stereocenters. The van der Waals surface area contributed by atoms with E-state index in [0.717, 1.165) is 36.2 Å². The van der Waals surface area contributed by atoms with E-state index in [2.05, 4.69) is 9.97 Å². The van der Waals surface area contributed by atoms with Crippen molar-refractivity contribution in [3.8, 4) is 0 Å². The molecule has 1 atom stereocenters. The first-order chi connectivity index (χ1) is 13.4. The van der Waals surface area contributed by atoms with Crippen LogP contribution in [0, 0.1) is 0 Å². The highest BCUT2D eigenvalue weighted by molar-refractivity contribution is 7.90. The van der Waals surface area contributed by atoms with Crippen LogP contribution in [-0.4, -0.2) is 53.9 Å². The molecule has 8 nitrogen and oxygen atoms in total. The van der Waals surface area contributed by atoms with Crippen LogP contribution in [0.1, 0.15) is 24.4 Å². The maximum Gasteiger partial charge on any atom is 0.227 e. The molecule has 0 bridgehead atoms. The average Bonchev–Trinajstić information content (AvgIpc) is 3.34. The van der Waals surface area contributed by atoms with Gasteiger partial charge in [0, 0.05) is 19.4 Å². The van der Waals surface area contributed by atoms with Crippen LogP contribution in [0.25, 0.3) is 11.1 Å². The van der Waals surface area contributed by atoms with Crippen LogP contribution >= 0.6 is 0 Å². The minimum atomic E-state index is -3.42. The van der Waals surface area contributed by atoms with Crippen molar-refractivity contribution in [1.82, 2.24) is 19.4 Å². The second-order valence-electron chi connectivity index (χ2n) is 7.30. The van der Waals surface area contributed by atoms with Crippen molar-refractivity contribution in [2.45, 2.75) is 43.7 Å². The van der Waals surface area contributed by atoms with Gasteiger partial charge in [0.25, 0.3) is 0 Å². The molecule has 150 valence electrons. The number of hydrogen-bond donors (Lipinski definition) is 0. The lowest BCUT2D eigenvalue weighted by molar-refractivity contribution is 0.0933. The van der Waals surface area contributed by atoms with E-state index in [1.165, 1.54) is 6.26 Å². The third kappa shape index (κ3) is 4.11. The topological polar surface area (TPSA) is 90.5 Å². The summed E-state index contributed by atoms with van der Waals surface area (Å²) < 4.78 is 37.6. The number of para-hydroxylation sites is 2. The Morgan fingerprint density at radius 3 is 2.82 bits per heavy atom. The lowest BCUT2D eigenvalue weighted by atomic mass is 10.2. The Hall–Kier alpha value is -2.23. The normalized spacial score (nSPS) is 17.8. The Morgan fingerprint density at radius 2 is 2.11 bits per heavy atom. The molecule has 4 rings (SSSR count). The fraction of sp³-hybridized carbons (Fsp3) is 0.474.